The first kappa shape index (κ1) is 15.3. The van der Waals surface area contributed by atoms with E-state index in [1.54, 1.807) is 12.1 Å². The molecule has 0 spiro atoms. The summed E-state index contributed by atoms with van der Waals surface area (Å²) in [4.78, 5) is 0.252. The second kappa shape index (κ2) is 6.41. The van der Waals surface area contributed by atoms with Crippen molar-refractivity contribution in [3.05, 3.63) is 24.3 Å². The zero-order valence-corrected chi connectivity index (χ0v) is 12.3. The molecule has 1 aromatic rings. The Bertz CT molecular complexity index is 471. The van der Waals surface area contributed by atoms with Gasteiger partial charge in [0, 0.05) is 18.5 Å². The topological polar surface area (TPSA) is 46.6 Å². The molecule has 0 aliphatic carbocycles. The van der Waals surface area contributed by atoms with E-state index in [4.69, 9.17) is 16.3 Å². The molecule has 0 aromatic heterocycles. The molecule has 18 heavy (non-hydrogen) atoms. The van der Waals surface area contributed by atoms with Crippen LogP contribution < -0.4 is 4.74 Å². The van der Waals surface area contributed by atoms with Gasteiger partial charge in [0.2, 0.25) is 10.0 Å². The highest BCUT2D eigenvalue weighted by molar-refractivity contribution is 7.89. The first-order valence-electron chi connectivity index (χ1n) is 5.65. The van der Waals surface area contributed by atoms with Crippen molar-refractivity contribution in [3.8, 4) is 5.75 Å². The molecule has 0 amide bonds. The average molecular weight is 292 g/mol. The molecule has 0 aliphatic heterocycles. The Labute approximate surface area is 114 Å². The highest BCUT2D eigenvalue weighted by Gasteiger charge is 2.26. The Morgan fingerprint density at radius 2 is 1.83 bits per heavy atom. The van der Waals surface area contributed by atoms with Crippen molar-refractivity contribution in [1.82, 2.24) is 4.31 Å². The van der Waals surface area contributed by atoms with Crippen molar-refractivity contribution in [2.24, 2.45) is 0 Å². The molecule has 0 N–H and O–H groups in total. The number of benzene rings is 1. The maximum Gasteiger partial charge on any atom is 0.243 e. The summed E-state index contributed by atoms with van der Waals surface area (Å²) in [5.41, 5.74) is 0. The van der Waals surface area contributed by atoms with E-state index in [0.29, 0.717) is 12.3 Å². The lowest BCUT2D eigenvalue weighted by molar-refractivity contribution is 0.370. The van der Waals surface area contributed by atoms with Crippen LogP contribution in [0.3, 0.4) is 0 Å². The molecule has 0 saturated heterocycles. The molecule has 0 radical (unpaired) electrons. The van der Waals surface area contributed by atoms with Crippen LogP contribution in [0.4, 0.5) is 0 Å². The van der Waals surface area contributed by atoms with Crippen molar-refractivity contribution in [2.75, 3.05) is 19.5 Å². The number of sulfonamides is 1. The number of ether oxygens (including phenoxy) is 1. The molecule has 6 heteroatoms. The Hall–Kier alpha value is -0.780. The third kappa shape index (κ3) is 3.37. The SMILES string of the molecule is COc1ccc(S(=O)(=O)N(CCCl)C(C)C)cc1. The predicted octanol–water partition coefficient (Wildman–Crippen LogP) is 2.33. The lowest BCUT2D eigenvalue weighted by Crippen LogP contribution is -2.38. The fourth-order valence-corrected chi connectivity index (χ4v) is 3.54. The summed E-state index contributed by atoms with van der Waals surface area (Å²) in [5, 5.41) is 0. The molecule has 4 nitrogen and oxygen atoms in total. The van der Waals surface area contributed by atoms with Crippen molar-refractivity contribution in [1.29, 1.82) is 0 Å². The number of nitrogens with zero attached hydrogens (tertiary/aromatic N) is 1. The molecular weight excluding hydrogens is 274 g/mol. The molecule has 1 rings (SSSR count). The van der Waals surface area contributed by atoms with E-state index in [0.717, 1.165) is 0 Å². The summed E-state index contributed by atoms with van der Waals surface area (Å²) in [7, 11) is -1.96. The van der Waals surface area contributed by atoms with Crippen molar-refractivity contribution in [2.45, 2.75) is 24.8 Å². The Kier molecular flexibility index (Phi) is 5.44. The number of alkyl halides is 1. The van der Waals surface area contributed by atoms with Gasteiger partial charge in [-0.15, -0.1) is 11.6 Å². The van der Waals surface area contributed by atoms with Gasteiger partial charge in [-0.1, -0.05) is 0 Å². The maximum atomic E-state index is 12.4. The van der Waals surface area contributed by atoms with Gasteiger partial charge >= 0.3 is 0 Å². The second-order valence-corrected chi connectivity index (χ2v) is 6.34. The molecule has 0 aliphatic rings. The molecule has 0 heterocycles. The average Bonchev–Trinajstić information content (AvgIpc) is 2.35. The first-order chi connectivity index (χ1) is 8.43. The van der Waals surface area contributed by atoms with Crippen LogP contribution in [0.2, 0.25) is 0 Å². The predicted molar refractivity (Wildman–Crippen MR) is 72.7 cm³/mol. The first-order valence-corrected chi connectivity index (χ1v) is 7.62. The highest BCUT2D eigenvalue weighted by atomic mass is 35.5. The molecule has 0 bridgehead atoms. The molecule has 0 unspecified atom stereocenters. The van der Waals surface area contributed by atoms with Crippen LogP contribution in [-0.2, 0) is 10.0 Å². The van der Waals surface area contributed by atoms with Crippen molar-refractivity contribution >= 4 is 21.6 Å². The van der Waals surface area contributed by atoms with Gasteiger partial charge in [-0.2, -0.15) is 4.31 Å². The van der Waals surface area contributed by atoms with Crippen LogP contribution in [0.1, 0.15) is 13.8 Å². The van der Waals surface area contributed by atoms with Gasteiger partial charge in [0.1, 0.15) is 5.75 Å². The van der Waals surface area contributed by atoms with E-state index >= 15 is 0 Å². The zero-order valence-electron chi connectivity index (χ0n) is 10.8. The van der Waals surface area contributed by atoms with Crippen molar-refractivity contribution in [3.63, 3.8) is 0 Å². The van der Waals surface area contributed by atoms with E-state index in [-0.39, 0.29) is 16.8 Å². The summed E-state index contributed by atoms with van der Waals surface area (Å²) >= 11 is 5.66. The normalized spacial score (nSPS) is 12.1. The maximum absolute atomic E-state index is 12.4. The molecule has 0 fully saturated rings. The third-order valence-electron chi connectivity index (χ3n) is 2.55. The summed E-state index contributed by atoms with van der Waals surface area (Å²) < 4.78 is 31.2. The van der Waals surface area contributed by atoms with Gasteiger partial charge in [-0.25, -0.2) is 8.42 Å². The Balaban J connectivity index is 3.09. The Morgan fingerprint density at radius 1 is 1.28 bits per heavy atom. The fraction of sp³-hybridized carbons (Fsp3) is 0.500. The summed E-state index contributed by atoms with van der Waals surface area (Å²) in [6.07, 6.45) is 0. The van der Waals surface area contributed by atoms with Gasteiger partial charge in [-0.3, -0.25) is 0 Å². The summed E-state index contributed by atoms with van der Waals surface area (Å²) in [5.74, 6) is 0.899. The minimum absolute atomic E-state index is 0.129. The monoisotopic (exact) mass is 291 g/mol. The van der Waals surface area contributed by atoms with E-state index in [1.165, 1.54) is 23.5 Å². The number of hydrogen-bond donors (Lipinski definition) is 0. The zero-order chi connectivity index (χ0) is 13.8. The Morgan fingerprint density at radius 3 is 2.22 bits per heavy atom. The lowest BCUT2D eigenvalue weighted by atomic mass is 10.3. The molecular formula is C12H18ClNO3S. The van der Waals surface area contributed by atoms with Gasteiger partial charge in [0.15, 0.2) is 0 Å². The quantitative estimate of drug-likeness (QED) is 0.756. The molecule has 1 aromatic carbocycles. The largest absolute Gasteiger partial charge is 0.497 e. The lowest BCUT2D eigenvalue weighted by Gasteiger charge is -2.25. The van der Waals surface area contributed by atoms with Crippen LogP contribution in [-0.4, -0.2) is 38.3 Å². The second-order valence-electron chi connectivity index (χ2n) is 4.07. The van der Waals surface area contributed by atoms with Crippen LogP contribution >= 0.6 is 11.6 Å². The van der Waals surface area contributed by atoms with Gasteiger partial charge in [0.05, 0.1) is 12.0 Å². The van der Waals surface area contributed by atoms with E-state index in [1.807, 2.05) is 13.8 Å². The molecule has 102 valence electrons. The number of hydrogen-bond acceptors (Lipinski definition) is 3. The smallest absolute Gasteiger partial charge is 0.243 e. The van der Waals surface area contributed by atoms with Crippen LogP contribution in [0.25, 0.3) is 0 Å². The van der Waals surface area contributed by atoms with Gasteiger partial charge in [-0.05, 0) is 38.1 Å². The van der Waals surface area contributed by atoms with Gasteiger partial charge < -0.3 is 4.74 Å². The summed E-state index contributed by atoms with van der Waals surface area (Å²) in [6.45, 7) is 3.95. The highest BCUT2D eigenvalue weighted by Crippen LogP contribution is 2.21. The third-order valence-corrected chi connectivity index (χ3v) is 4.81. The number of rotatable bonds is 6. The summed E-state index contributed by atoms with van der Waals surface area (Å²) in [6, 6.07) is 6.21. The molecule has 0 saturated carbocycles. The number of halogens is 1. The standard InChI is InChI=1S/C12H18ClNO3S/c1-10(2)14(9-8-13)18(15,16)12-6-4-11(17-3)5-7-12/h4-7,10H,8-9H2,1-3H3. The molecule has 0 atom stereocenters. The number of methoxy groups -OCH3 is 1. The van der Waals surface area contributed by atoms with Crippen LogP contribution in [0.5, 0.6) is 5.75 Å². The van der Waals surface area contributed by atoms with Gasteiger partial charge in [0.25, 0.3) is 0 Å². The fourth-order valence-electron chi connectivity index (χ4n) is 1.62. The minimum atomic E-state index is -3.49. The van der Waals surface area contributed by atoms with Crippen LogP contribution in [0.15, 0.2) is 29.2 Å². The minimum Gasteiger partial charge on any atom is -0.497 e. The van der Waals surface area contributed by atoms with E-state index in [2.05, 4.69) is 0 Å². The van der Waals surface area contributed by atoms with E-state index < -0.39 is 10.0 Å². The van der Waals surface area contributed by atoms with E-state index in [9.17, 15) is 8.42 Å². The van der Waals surface area contributed by atoms with Crippen LogP contribution in [0, 0.1) is 0 Å². The van der Waals surface area contributed by atoms with Crippen molar-refractivity contribution < 1.29 is 13.2 Å².